The van der Waals surface area contributed by atoms with Gasteiger partial charge in [-0.05, 0) is 20.3 Å². The van der Waals surface area contributed by atoms with Crippen LogP contribution in [0, 0.1) is 19.9 Å². The van der Waals surface area contributed by atoms with Gasteiger partial charge < -0.3 is 24.8 Å². The van der Waals surface area contributed by atoms with Crippen molar-refractivity contribution in [2.24, 2.45) is 0 Å². The number of rotatable bonds is 1. The Balaban J connectivity index is 0. The quantitative estimate of drug-likeness (QED) is 0.426. The molecule has 0 fully saturated rings. The Hall–Kier alpha value is 0.554. The van der Waals surface area contributed by atoms with Crippen LogP contribution in [0.15, 0.2) is 17.2 Å². The van der Waals surface area contributed by atoms with E-state index in [2.05, 4.69) is 39.8 Å². The van der Waals surface area contributed by atoms with Crippen LogP contribution in [0.3, 0.4) is 0 Å². The smallest absolute Gasteiger partial charge is 1.00 e. The average molecular weight is 322 g/mol. The van der Waals surface area contributed by atoms with Crippen molar-refractivity contribution in [3.63, 3.8) is 0 Å². The van der Waals surface area contributed by atoms with E-state index in [1.165, 1.54) is 22.0 Å². The Morgan fingerprint density at radius 2 is 1.71 bits per heavy atom. The second kappa shape index (κ2) is 7.87. The first-order valence-corrected chi connectivity index (χ1v) is 6.03. The van der Waals surface area contributed by atoms with Gasteiger partial charge in [-0.2, -0.15) is 5.30 Å². The maximum absolute atomic E-state index is 3.43. The first-order valence-electron chi connectivity index (χ1n) is 5.03. The summed E-state index contributed by atoms with van der Waals surface area (Å²) in [7, 11) is 0.857. The molecule has 0 spiro atoms. The zero-order valence-electron chi connectivity index (χ0n) is 10.5. The van der Waals surface area contributed by atoms with Crippen LogP contribution in [-0.2, 0) is 21.7 Å². The van der Waals surface area contributed by atoms with Gasteiger partial charge in [0.1, 0.15) is 0 Å². The SMILES string of the molecule is CC1=CC(C)=C(c2[pH]c(C)[c-]c2C)C1.[Cl-].[Cl-].[Ti+3]. The minimum atomic E-state index is 0. The number of hydrogen-bond acceptors (Lipinski definition) is 0. The summed E-state index contributed by atoms with van der Waals surface area (Å²) >= 11 is 0. The molecule has 0 nitrogen and oxygen atoms in total. The molecule has 0 amide bonds. The molecule has 91 valence electrons. The summed E-state index contributed by atoms with van der Waals surface area (Å²) in [4.78, 5) is 0. The van der Waals surface area contributed by atoms with E-state index in [-0.39, 0.29) is 46.5 Å². The minimum absolute atomic E-state index is 0. The molecule has 0 N–H and O–H groups in total. The summed E-state index contributed by atoms with van der Waals surface area (Å²) < 4.78 is 0. The van der Waals surface area contributed by atoms with Crippen LogP contribution < -0.4 is 24.8 Å². The predicted molar refractivity (Wildman–Crippen MR) is 65.2 cm³/mol. The molecule has 1 radical (unpaired) electrons. The van der Waals surface area contributed by atoms with Gasteiger partial charge >= 0.3 is 21.7 Å². The van der Waals surface area contributed by atoms with Crippen molar-refractivity contribution >= 4 is 13.8 Å². The molecule has 2 rings (SSSR count). The molecule has 0 saturated carbocycles. The molecule has 1 unspecified atom stereocenters. The Kier molecular flexibility index (Phi) is 9.21. The Morgan fingerprint density at radius 1 is 1.12 bits per heavy atom. The molecule has 1 atom stereocenters. The van der Waals surface area contributed by atoms with Crippen molar-refractivity contribution in [2.45, 2.75) is 34.1 Å². The van der Waals surface area contributed by atoms with Crippen LogP contribution in [0.4, 0.5) is 0 Å². The molecule has 0 saturated heterocycles. The molecule has 17 heavy (non-hydrogen) atoms. The van der Waals surface area contributed by atoms with Gasteiger partial charge in [-0.25, -0.2) is 19.8 Å². The largest absolute Gasteiger partial charge is 3.00 e. The number of hydrogen-bond donors (Lipinski definition) is 0. The molecule has 0 aliphatic heterocycles. The van der Waals surface area contributed by atoms with E-state index < -0.39 is 0 Å². The van der Waals surface area contributed by atoms with Crippen molar-refractivity contribution < 1.29 is 46.5 Å². The maximum atomic E-state index is 3.43. The fourth-order valence-electron chi connectivity index (χ4n) is 2.17. The number of aryl methyl sites for hydroxylation is 2. The predicted octanol–water partition coefficient (Wildman–Crippen LogP) is -1.74. The van der Waals surface area contributed by atoms with E-state index in [1.807, 2.05) is 0 Å². The summed E-state index contributed by atoms with van der Waals surface area (Å²) in [6, 6.07) is 3.43. The van der Waals surface area contributed by atoms with E-state index in [0.29, 0.717) is 0 Å². The molecule has 1 aromatic heterocycles. The minimum Gasteiger partial charge on any atom is -1.00 e. The van der Waals surface area contributed by atoms with E-state index in [1.54, 1.807) is 10.9 Å². The van der Waals surface area contributed by atoms with Gasteiger partial charge in [0.25, 0.3) is 0 Å². The molecular weight excluding hydrogens is 306 g/mol. The molecule has 0 bridgehead atoms. The summed E-state index contributed by atoms with van der Waals surface area (Å²) in [5, 5.41) is 2.95. The van der Waals surface area contributed by atoms with Crippen molar-refractivity contribution in [2.75, 3.05) is 0 Å². The van der Waals surface area contributed by atoms with E-state index in [4.69, 9.17) is 0 Å². The van der Waals surface area contributed by atoms with Crippen molar-refractivity contribution in [3.8, 4) is 0 Å². The monoisotopic (exact) mass is 321 g/mol. The van der Waals surface area contributed by atoms with Crippen LogP contribution in [0.1, 0.15) is 36.4 Å². The number of allylic oxidation sites excluding steroid dienone is 4. The Morgan fingerprint density at radius 3 is 2.06 bits per heavy atom. The van der Waals surface area contributed by atoms with Crippen LogP contribution in [0.5, 0.6) is 0 Å². The van der Waals surface area contributed by atoms with Crippen molar-refractivity contribution in [1.29, 1.82) is 0 Å². The molecule has 1 aliphatic rings. The van der Waals surface area contributed by atoms with Gasteiger partial charge in [0.2, 0.25) is 0 Å². The van der Waals surface area contributed by atoms with E-state index >= 15 is 0 Å². The molecule has 4 heteroatoms. The fourth-order valence-corrected chi connectivity index (χ4v) is 3.48. The van der Waals surface area contributed by atoms with Crippen molar-refractivity contribution in [3.05, 3.63) is 39.4 Å². The third-order valence-corrected chi connectivity index (χ3v) is 4.19. The van der Waals surface area contributed by atoms with Gasteiger partial charge in [-0.15, -0.1) is 10.9 Å². The summed E-state index contributed by atoms with van der Waals surface area (Å²) in [6.45, 7) is 8.81. The van der Waals surface area contributed by atoms with Gasteiger partial charge in [0, 0.05) is 0 Å². The average Bonchev–Trinajstić information content (AvgIpc) is 2.55. The summed E-state index contributed by atoms with van der Waals surface area (Å²) in [5.74, 6) is 0. The topological polar surface area (TPSA) is 0 Å². The first kappa shape index (κ1) is 19.9. The van der Waals surface area contributed by atoms with Crippen molar-refractivity contribution in [1.82, 2.24) is 0 Å². The van der Waals surface area contributed by atoms with Crippen LogP contribution >= 0.6 is 8.19 Å². The van der Waals surface area contributed by atoms with E-state index in [0.717, 1.165) is 14.6 Å². The molecular formula is C13H16Cl2PTi. The van der Waals surface area contributed by atoms with Crippen LogP contribution in [0.25, 0.3) is 5.57 Å². The first-order chi connectivity index (χ1) is 6.58. The van der Waals surface area contributed by atoms with Gasteiger partial charge in [-0.1, -0.05) is 31.1 Å². The molecule has 1 aromatic rings. The zero-order valence-corrected chi connectivity index (χ0v) is 14.6. The van der Waals surface area contributed by atoms with Gasteiger partial charge in [0.15, 0.2) is 0 Å². The van der Waals surface area contributed by atoms with Gasteiger partial charge in [0.05, 0.1) is 0 Å². The van der Waals surface area contributed by atoms with Gasteiger partial charge in [-0.3, -0.25) is 0 Å². The zero-order chi connectivity index (χ0) is 10.3. The summed E-state index contributed by atoms with van der Waals surface area (Å²) in [6.07, 6.45) is 3.47. The van der Waals surface area contributed by atoms with E-state index in [9.17, 15) is 0 Å². The fraction of sp³-hybridized carbons (Fsp3) is 0.385. The summed E-state index contributed by atoms with van der Waals surface area (Å²) in [5.41, 5.74) is 5.87. The molecule has 1 heterocycles. The molecule has 0 aromatic carbocycles. The third kappa shape index (κ3) is 4.30. The normalized spacial score (nSPS) is 14.0. The number of halogens is 2. The third-order valence-electron chi connectivity index (χ3n) is 2.76. The Bertz CT molecular complexity index is 444. The standard InChI is InChI=1S/C13H16P.2ClH.Ti/c1-8-5-9(2)12(6-8)13-10(3)7-11(4)14-13;;;/h5,14H,6H2,1-4H3;2*1H;/q-1;;;+3/p-2. The molecule has 1 aliphatic carbocycles. The maximum Gasteiger partial charge on any atom is 3.00 e. The van der Waals surface area contributed by atoms with Crippen LogP contribution in [0.2, 0.25) is 0 Å². The second-order valence-corrected chi connectivity index (χ2v) is 5.70. The second-order valence-electron chi connectivity index (χ2n) is 4.20. The van der Waals surface area contributed by atoms with Crippen LogP contribution in [-0.4, -0.2) is 0 Å². The Labute approximate surface area is 133 Å².